The Bertz CT molecular complexity index is 1430. The van der Waals surface area contributed by atoms with Crippen LogP contribution >= 0.6 is 0 Å². The number of fused-ring (bicyclic) bond motifs is 2. The molecule has 3 aromatic heterocycles. The van der Waals surface area contributed by atoms with E-state index in [9.17, 15) is 9.59 Å². The van der Waals surface area contributed by atoms with Gasteiger partial charge in [-0.3, -0.25) is 14.2 Å². The second-order valence-electron chi connectivity index (χ2n) is 9.29. The minimum Gasteiger partial charge on any atom is -0.497 e. The van der Waals surface area contributed by atoms with Crippen molar-refractivity contribution in [1.82, 2.24) is 29.8 Å². The number of benzene rings is 1. The van der Waals surface area contributed by atoms with E-state index in [4.69, 9.17) is 14.2 Å². The largest absolute Gasteiger partial charge is 0.497 e. The molecule has 4 rings (SSSR count). The van der Waals surface area contributed by atoms with Gasteiger partial charge >= 0.3 is 6.09 Å². The van der Waals surface area contributed by atoms with Gasteiger partial charge in [-0.2, -0.15) is 0 Å². The predicted molar refractivity (Wildman–Crippen MR) is 137 cm³/mol. The summed E-state index contributed by atoms with van der Waals surface area (Å²) in [6, 6.07) is 10.8. The third kappa shape index (κ3) is 5.71. The van der Waals surface area contributed by atoms with Gasteiger partial charge in [-0.15, -0.1) is 10.2 Å². The zero-order valence-corrected chi connectivity index (χ0v) is 21.5. The zero-order valence-electron chi connectivity index (χ0n) is 21.5. The molecule has 0 fully saturated rings. The van der Waals surface area contributed by atoms with Crippen LogP contribution in [-0.4, -0.2) is 69.3 Å². The van der Waals surface area contributed by atoms with Gasteiger partial charge in [-0.05, 0) is 51.1 Å². The first-order valence-corrected chi connectivity index (χ1v) is 11.7. The first-order chi connectivity index (χ1) is 17.7. The number of pyridine rings is 2. The lowest BCUT2D eigenvalue weighted by Crippen LogP contribution is -2.49. The Kier molecular flexibility index (Phi) is 7.42. The van der Waals surface area contributed by atoms with E-state index in [1.54, 1.807) is 47.0 Å². The number of carbonyl (C=O) groups is 2. The van der Waals surface area contributed by atoms with Gasteiger partial charge < -0.3 is 24.4 Å². The van der Waals surface area contributed by atoms with Crippen molar-refractivity contribution < 1.29 is 23.8 Å². The molecule has 11 nitrogen and oxygen atoms in total. The van der Waals surface area contributed by atoms with Crippen LogP contribution in [0.5, 0.6) is 11.5 Å². The van der Waals surface area contributed by atoms with E-state index in [0.29, 0.717) is 35.1 Å². The molecule has 1 aromatic carbocycles. The number of rotatable bonds is 8. The van der Waals surface area contributed by atoms with E-state index >= 15 is 0 Å². The number of nitrogens with zero attached hydrogens (tertiary/aromatic N) is 5. The van der Waals surface area contributed by atoms with Gasteiger partial charge in [-0.25, -0.2) is 4.79 Å². The molecule has 194 valence electrons. The molecule has 0 atom stereocenters. The summed E-state index contributed by atoms with van der Waals surface area (Å²) in [6.07, 6.45) is 2.89. The standard InChI is InChI=1S/C26H30N6O5/c1-26(2,3)32(25(34)36-5)13-12-28-24(33)17-6-9-22-29-30-23(31(22)15-17)16-37-21-10-11-27-20-14-18(35-4)7-8-19(20)21/h6-11,14-15H,12-13,16H2,1-5H3,(H,28,33). The Morgan fingerprint density at radius 1 is 1.08 bits per heavy atom. The van der Waals surface area contributed by atoms with Gasteiger partial charge in [0.15, 0.2) is 11.5 Å². The first-order valence-electron chi connectivity index (χ1n) is 11.7. The van der Waals surface area contributed by atoms with E-state index in [1.165, 1.54) is 7.11 Å². The van der Waals surface area contributed by atoms with Crippen LogP contribution in [0.3, 0.4) is 0 Å². The molecule has 1 N–H and O–H groups in total. The number of amides is 2. The van der Waals surface area contributed by atoms with Gasteiger partial charge in [0, 0.05) is 42.5 Å². The van der Waals surface area contributed by atoms with Crippen molar-refractivity contribution >= 4 is 28.6 Å². The van der Waals surface area contributed by atoms with E-state index in [-0.39, 0.29) is 19.1 Å². The Labute approximate surface area is 214 Å². The molecule has 0 radical (unpaired) electrons. The van der Waals surface area contributed by atoms with Crippen molar-refractivity contribution in [2.24, 2.45) is 0 Å². The third-order valence-electron chi connectivity index (χ3n) is 5.83. The second-order valence-corrected chi connectivity index (χ2v) is 9.29. The molecule has 0 aliphatic carbocycles. The van der Waals surface area contributed by atoms with E-state index < -0.39 is 11.6 Å². The summed E-state index contributed by atoms with van der Waals surface area (Å²) in [6.45, 7) is 6.42. The molecule has 0 aliphatic heterocycles. The average Bonchev–Trinajstić information content (AvgIpc) is 3.30. The van der Waals surface area contributed by atoms with E-state index in [1.807, 2.05) is 39.0 Å². The van der Waals surface area contributed by atoms with Crippen molar-refractivity contribution in [2.75, 3.05) is 27.3 Å². The molecular weight excluding hydrogens is 476 g/mol. The highest BCUT2D eigenvalue weighted by molar-refractivity contribution is 5.94. The number of aromatic nitrogens is 4. The minimum atomic E-state index is -0.446. The lowest BCUT2D eigenvalue weighted by molar-refractivity contribution is 0.0804. The highest BCUT2D eigenvalue weighted by Crippen LogP contribution is 2.27. The SMILES string of the molecule is COC(=O)N(CCNC(=O)c1ccc2nnc(COc3ccnc4cc(OC)ccc34)n2c1)C(C)(C)C. The van der Waals surface area contributed by atoms with Gasteiger partial charge in [0.25, 0.3) is 5.91 Å². The van der Waals surface area contributed by atoms with Crippen LogP contribution in [0.2, 0.25) is 0 Å². The van der Waals surface area contributed by atoms with Crippen molar-refractivity contribution in [2.45, 2.75) is 32.9 Å². The van der Waals surface area contributed by atoms with Crippen LogP contribution in [0, 0.1) is 0 Å². The molecule has 37 heavy (non-hydrogen) atoms. The Balaban J connectivity index is 1.45. The van der Waals surface area contributed by atoms with Crippen molar-refractivity contribution in [3.05, 3.63) is 60.2 Å². The number of carbonyl (C=O) groups excluding carboxylic acids is 2. The summed E-state index contributed by atoms with van der Waals surface area (Å²) < 4.78 is 17.9. The third-order valence-corrected chi connectivity index (χ3v) is 5.83. The molecule has 0 aliphatic rings. The fourth-order valence-electron chi connectivity index (χ4n) is 3.86. The number of hydrogen-bond donors (Lipinski definition) is 1. The Morgan fingerprint density at radius 3 is 2.62 bits per heavy atom. The molecule has 3 heterocycles. The molecule has 0 bridgehead atoms. The number of nitrogens with one attached hydrogen (secondary N) is 1. The molecule has 4 aromatic rings. The Morgan fingerprint density at radius 2 is 1.89 bits per heavy atom. The molecule has 0 saturated carbocycles. The van der Waals surface area contributed by atoms with E-state index in [0.717, 1.165) is 10.9 Å². The molecule has 0 spiro atoms. The minimum absolute atomic E-state index is 0.136. The van der Waals surface area contributed by atoms with Crippen LogP contribution in [-0.2, 0) is 11.3 Å². The summed E-state index contributed by atoms with van der Waals surface area (Å²) in [7, 11) is 2.94. The van der Waals surface area contributed by atoms with Crippen LogP contribution in [0.1, 0.15) is 37.0 Å². The van der Waals surface area contributed by atoms with Crippen molar-refractivity contribution in [1.29, 1.82) is 0 Å². The second kappa shape index (κ2) is 10.7. The lowest BCUT2D eigenvalue weighted by atomic mass is 10.1. The fraction of sp³-hybridized carbons (Fsp3) is 0.346. The highest BCUT2D eigenvalue weighted by atomic mass is 16.5. The maximum Gasteiger partial charge on any atom is 0.409 e. The van der Waals surface area contributed by atoms with Crippen molar-refractivity contribution in [3.63, 3.8) is 0 Å². The molecule has 0 unspecified atom stereocenters. The zero-order chi connectivity index (χ0) is 26.6. The molecule has 11 heteroatoms. The van der Waals surface area contributed by atoms with Crippen molar-refractivity contribution in [3.8, 4) is 11.5 Å². The molecule has 2 amide bonds. The highest BCUT2D eigenvalue weighted by Gasteiger charge is 2.26. The van der Waals surface area contributed by atoms with Gasteiger partial charge in [-0.1, -0.05) is 0 Å². The van der Waals surface area contributed by atoms with Gasteiger partial charge in [0.05, 0.1) is 25.3 Å². The summed E-state index contributed by atoms with van der Waals surface area (Å²) in [5, 5.41) is 12.1. The smallest absolute Gasteiger partial charge is 0.409 e. The van der Waals surface area contributed by atoms with Gasteiger partial charge in [0.1, 0.15) is 18.1 Å². The van der Waals surface area contributed by atoms with E-state index in [2.05, 4.69) is 20.5 Å². The summed E-state index contributed by atoms with van der Waals surface area (Å²) in [4.78, 5) is 30.8. The van der Waals surface area contributed by atoms with Crippen LogP contribution in [0.25, 0.3) is 16.6 Å². The topological polar surface area (TPSA) is 120 Å². The fourth-order valence-corrected chi connectivity index (χ4v) is 3.86. The Hall–Kier alpha value is -4.41. The monoisotopic (exact) mass is 506 g/mol. The number of methoxy groups -OCH3 is 2. The van der Waals surface area contributed by atoms with Crippen LogP contribution < -0.4 is 14.8 Å². The summed E-state index contributed by atoms with van der Waals surface area (Å²) in [5.41, 5.74) is 1.32. The maximum absolute atomic E-state index is 12.8. The maximum atomic E-state index is 12.8. The molecule has 0 saturated heterocycles. The number of hydrogen-bond acceptors (Lipinski definition) is 8. The summed E-state index contributed by atoms with van der Waals surface area (Å²) >= 11 is 0. The molecular formula is C26H30N6O5. The first kappa shape index (κ1) is 25.7. The average molecular weight is 507 g/mol. The number of ether oxygens (including phenoxy) is 3. The van der Waals surface area contributed by atoms with Gasteiger partial charge in [0.2, 0.25) is 0 Å². The van der Waals surface area contributed by atoms with Crippen LogP contribution in [0.4, 0.5) is 4.79 Å². The quantitative estimate of drug-likeness (QED) is 0.386. The van der Waals surface area contributed by atoms with Crippen LogP contribution in [0.15, 0.2) is 48.8 Å². The lowest BCUT2D eigenvalue weighted by Gasteiger charge is -2.34. The predicted octanol–water partition coefficient (Wildman–Crippen LogP) is 3.46. The normalized spacial score (nSPS) is 11.4. The summed E-state index contributed by atoms with van der Waals surface area (Å²) in [5.74, 6) is 1.61.